The fourth-order valence-corrected chi connectivity index (χ4v) is 4.44. The van der Waals surface area contributed by atoms with E-state index in [1.54, 1.807) is 11.0 Å². The van der Waals surface area contributed by atoms with Gasteiger partial charge in [-0.2, -0.15) is 0 Å². The average Bonchev–Trinajstić information content (AvgIpc) is 2.79. The lowest BCUT2D eigenvalue weighted by Gasteiger charge is -2.43. The number of nitrogens with zero attached hydrogens (tertiary/aromatic N) is 1. The zero-order valence-corrected chi connectivity index (χ0v) is 20.3. The van der Waals surface area contributed by atoms with Gasteiger partial charge in [-0.3, -0.25) is 4.79 Å². The van der Waals surface area contributed by atoms with Crippen LogP contribution in [0.15, 0.2) is 48.5 Å². The fourth-order valence-electron chi connectivity index (χ4n) is 4.44. The third-order valence-electron chi connectivity index (χ3n) is 6.17. The molecule has 0 aromatic heterocycles. The van der Waals surface area contributed by atoms with Crippen LogP contribution in [0, 0.1) is 0 Å². The smallest absolute Gasteiger partial charge is 0.410 e. The van der Waals surface area contributed by atoms with Gasteiger partial charge in [-0.15, -0.1) is 0 Å². The van der Waals surface area contributed by atoms with Crippen LogP contribution in [0.3, 0.4) is 0 Å². The average molecular weight is 470 g/mol. The minimum Gasteiger partial charge on any atom is -0.508 e. The summed E-state index contributed by atoms with van der Waals surface area (Å²) in [6.07, 6.45) is 1.59. The maximum absolute atomic E-state index is 12.6. The molecule has 0 spiro atoms. The molecule has 2 aromatic rings. The Morgan fingerprint density at radius 3 is 2.32 bits per heavy atom. The summed E-state index contributed by atoms with van der Waals surface area (Å²) in [4.78, 5) is 25.0. The lowest BCUT2D eigenvalue weighted by atomic mass is 9.67. The van der Waals surface area contributed by atoms with E-state index in [-0.39, 0.29) is 24.9 Å². The molecule has 0 bridgehead atoms. The van der Waals surface area contributed by atoms with Crippen molar-refractivity contribution >= 4 is 12.1 Å². The van der Waals surface area contributed by atoms with E-state index in [4.69, 9.17) is 14.6 Å². The summed E-state index contributed by atoms with van der Waals surface area (Å²) in [6, 6.07) is 15.7. The van der Waals surface area contributed by atoms with Crippen molar-refractivity contribution in [3.05, 3.63) is 65.2 Å². The first kappa shape index (κ1) is 25.6. The highest BCUT2D eigenvalue weighted by atomic mass is 16.6. The molecule has 0 radical (unpaired) electrons. The van der Waals surface area contributed by atoms with Crippen molar-refractivity contribution in [3.63, 3.8) is 0 Å². The first-order valence-corrected chi connectivity index (χ1v) is 11.8. The van der Waals surface area contributed by atoms with Crippen LogP contribution in [0.1, 0.15) is 56.7 Å². The number of carboxylic acids is 1. The highest BCUT2D eigenvalue weighted by Gasteiger charge is 2.41. The number of aromatic hydroxyl groups is 1. The Bertz CT molecular complexity index is 974. The number of piperidine rings is 1. The van der Waals surface area contributed by atoms with Gasteiger partial charge in [0.25, 0.3) is 0 Å². The molecule has 1 aliphatic heterocycles. The molecule has 0 aliphatic carbocycles. The molecule has 1 fully saturated rings. The molecular formula is C27H35NO6. The van der Waals surface area contributed by atoms with E-state index in [9.17, 15) is 14.7 Å². The van der Waals surface area contributed by atoms with Gasteiger partial charge < -0.3 is 24.6 Å². The topological polar surface area (TPSA) is 96.3 Å². The van der Waals surface area contributed by atoms with Crippen LogP contribution in [0.25, 0.3) is 0 Å². The van der Waals surface area contributed by atoms with Crippen molar-refractivity contribution in [2.45, 2.75) is 57.5 Å². The van der Waals surface area contributed by atoms with Gasteiger partial charge >= 0.3 is 12.1 Å². The first-order valence-electron chi connectivity index (χ1n) is 11.8. The van der Waals surface area contributed by atoms with E-state index < -0.39 is 17.0 Å². The molecule has 1 heterocycles. The van der Waals surface area contributed by atoms with Gasteiger partial charge in [-0.25, -0.2) is 4.79 Å². The summed E-state index contributed by atoms with van der Waals surface area (Å²) < 4.78 is 11.0. The van der Waals surface area contributed by atoms with Crippen LogP contribution in [-0.2, 0) is 26.1 Å². The third kappa shape index (κ3) is 6.50. The molecule has 2 aromatic carbocycles. The number of hydrogen-bond donors (Lipinski definition) is 2. The Labute approximate surface area is 201 Å². The van der Waals surface area contributed by atoms with Crippen LogP contribution < -0.4 is 0 Å². The van der Waals surface area contributed by atoms with Gasteiger partial charge in [-0.1, -0.05) is 42.5 Å². The molecule has 7 heteroatoms. The summed E-state index contributed by atoms with van der Waals surface area (Å²) in [5.74, 6) is -0.653. The van der Waals surface area contributed by atoms with Crippen LogP contribution in [0.5, 0.6) is 5.75 Å². The Kier molecular flexibility index (Phi) is 8.20. The van der Waals surface area contributed by atoms with Crippen molar-refractivity contribution in [2.24, 2.45) is 0 Å². The normalized spacial score (nSPS) is 15.7. The molecule has 1 amide bonds. The highest BCUT2D eigenvalue weighted by Crippen LogP contribution is 2.45. The lowest BCUT2D eigenvalue weighted by Crippen LogP contribution is -2.47. The number of likely N-dealkylation sites (tertiary alicyclic amines) is 1. The molecule has 1 saturated heterocycles. The summed E-state index contributed by atoms with van der Waals surface area (Å²) in [5, 5.41) is 19.7. The van der Waals surface area contributed by atoms with Gasteiger partial charge in [-0.05, 0) is 57.2 Å². The number of benzene rings is 2. The van der Waals surface area contributed by atoms with E-state index in [0.717, 1.165) is 16.7 Å². The second-order valence-electron chi connectivity index (χ2n) is 9.77. The second kappa shape index (κ2) is 10.9. The summed E-state index contributed by atoms with van der Waals surface area (Å²) in [6.45, 7) is 7.20. The van der Waals surface area contributed by atoms with E-state index in [0.29, 0.717) is 39.0 Å². The number of hydrogen-bond acceptors (Lipinski definition) is 5. The van der Waals surface area contributed by atoms with Crippen LogP contribution in [-0.4, -0.2) is 59.1 Å². The number of phenols is 1. The summed E-state index contributed by atoms with van der Waals surface area (Å²) in [7, 11) is 0. The SMILES string of the molecule is CC(C)(C)OC(=O)N1CCC(c2ccccc2)(c2cc(CCOCCC(=O)O)ccc2O)CC1. The van der Waals surface area contributed by atoms with Crippen LogP contribution in [0.2, 0.25) is 0 Å². The standard InChI is InChI=1S/C27H35NO6/c1-26(2,3)34-25(32)28-15-13-27(14-16-28,21-7-5-4-6-8-21)22-19-20(9-10-23(22)29)11-17-33-18-12-24(30)31/h4-10,19,29H,11-18H2,1-3H3,(H,30,31). The monoisotopic (exact) mass is 469 g/mol. The Hall–Kier alpha value is -3.06. The van der Waals surface area contributed by atoms with Crippen molar-refractivity contribution in [3.8, 4) is 5.75 Å². The van der Waals surface area contributed by atoms with E-state index in [1.165, 1.54) is 0 Å². The predicted octanol–water partition coefficient (Wildman–Crippen LogP) is 4.74. The highest BCUT2D eigenvalue weighted by molar-refractivity contribution is 5.68. The quantitative estimate of drug-likeness (QED) is 0.542. The minimum atomic E-state index is -0.880. The number of ether oxygens (including phenoxy) is 2. The maximum Gasteiger partial charge on any atom is 0.410 e. The van der Waals surface area contributed by atoms with Gasteiger partial charge in [0.2, 0.25) is 0 Å². The molecule has 0 atom stereocenters. The lowest BCUT2D eigenvalue weighted by molar-refractivity contribution is -0.138. The largest absolute Gasteiger partial charge is 0.508 e. The molecule has 34 heavy (non-hydrogen) atoms. The Morgan fingerprint density at radius 1 is 1.03 bits per heavy atom. The second-order valence-corrected chi connectivity index (χ2v) is 9.77. The predicted molar refractivity (Wildman–Crippen MR) is 129 cm³/mol. The van der Waals surface area contributed by atoms with Crippen LogP contribution >= 0.6 is 0 Å². The zero-order valence-electron chi connectivity index (χ0n) is 20.3. The van der Waals surface area contributed by atoms with Gasteiger partial charge in [0.1, 0.15) is 11.4 Å². The number of aliphatic carboxylic acids is 1. The van der Waals surface area contributed by atoms with Crippen molar-refractivity contribution in [2.75, 3.05) is 26.3 Å². The number of carboxylic acid groups (broad SMARTS) is 1. The molecular weight excluding hydrogens is 434 g/mol. The first-order chi connectivity index (χ1) is 16.1. The van der Waals surface area contributed by atoms with E-state index >= 15 is 0 Å². The molecule has 2 N–H and O–H groups in total. The van der Waals surface area contributed by atoms with E-state index in [2.05, 4.69) is 12.1 Å². The minimum absolute atomic E-state index is 0.0217. The molecule has 0 unspecified atom stereocenters. The number of phenolic OH excluding ortho intramolecular Hbond substituents is 1. The number of carbonyl (C=O) groups excluding carboxylic acids is 1. The Balaban J connectivity index is 1.82. The zero-order chi connectivity index (χ0) is 24.8. The molecule has 1 aliphatic rings. The molecule has 184 valence electrons. The molecule has 3 rings (SSSR count). The van der Waals surface area contributed by atoms with Gasteiger partial charge in [0, 0.05) is 24.1 Å². The van der Waals surface area contributed by atoms with E-state index in [1.807, 2.05) is 51.1 Å². The Morgan fingerprint density at radius 2 is 1.71 bits per heavy atom. The number of carbonyl (C=O) groups is 2. The maximum atomic E-state index is 12.6. The third-order valence-corrected chi connectivity index (χ3v) is 6.17. The van der Waals surface area contributed by atoms with Crippen molar-refractivity contribution in [1.29, 1.82) is 0 Å². The fraction of sp³-hybridized carbons (Fsp3) is 0.481. The van der Waals surface area contributed by atoms with Crippen molar-refractivity contribution < 1.29 is 29.3 Å². The summed E-state index contributed by atoms with van der Waals surface area (Å²) in [5.41, 5.74) is 1.95. The van der Waals surface area contributed by atoms with Gasteiger partial charge in [0.15, 0.2) is 0 Å². The van der Waals surface area contributed by atoms with Crippen molar-refractivity contribution in [1.82, 2.24) is 4.90 Å². The van der Waals surface area contributed by atoms with Crippen LogP contribution in [0.4, 0.5) is 4.79 Å². The number of amides is 1. The molecule has 0 saturated carbocycles. The number of rotatable bonds is 8. The van der Waals surface area contributed by atoms with Gasteiger partial charge in [0.05, 0.1) is 19.6 Å². The summed E-state index contributed by atoms with van der Waals surface area (Å²) >= 11 is 0. The molecule has 7 nitrogen and oxygen atoms in total.